The lowest BCUT2D eigenvalue weighted by atomic mass is 9.95. The molecule has 2 aromatic carbocycles. The molecule has 0 fully saturated rings. The SMILES string of the molecule is CC(C)=CCc1cc(C(=O)C=Cc2ccccc2)c(O)c(CC=C(C)C)c1O. The highest BCUT2D eigenvalue weighted by Gasteiger charge is 2.19. The molecule has 2 N–H and O–H groups in total. The lowest BCUT2D eigenvalue weighted by Gasteiger charge is -2.14. The Morgan fingerprint density at radius 2 is 1.50 bits per heavy atom. The van der Waals surface area contributed by atoms with Crippen LogP contribution in [0, 0.1) is 0 Å². The second-order valence-electron chi connectivity index (χ2n) is 7.34. The van der Waals surface area contributed by atoms with Crippen molar-refractivity contribution in [3.05, 3.63) is 88.0 Å². The molecule has 0 amide bonds. The van der Waals surface area contributed by atoms with Crippen LogP contribution >= 0.6 is 0 Å². The van der Waals surface area contributed by atoms with E-state index in [4.69, 9.17) is 0 Å². The number of rotatable bonds is 7. The molecule has 0 heterocycles. The van der Waals surface area contributed by atoms with Crippen molar-refractivity contribution in [2.45, 2.75) is 40.5 Å². The summed E-state index contributed by atoms with van der Waals surface area (Å²) in [5, 5.41) is 21.4. The molecule has 0 bridgehead atoms. The Morgan fingerprint density at radius 3 is 2.11 bits per heavy atom. The average molecular weight is 376 g/mol. The third-order valence-corrected chi connectivity index (χ3v) is 4.39. The van der Waals surface area contributed by atoms with Gasteiger partial charge in [0.15, 0.2) is 5.78 Å². The molecule has 28 heavy (non-hydrogen) atoms. The van der Waals surface area contributed by atoms with Crippen molar-refractivity contribution < 1.29 is 15.0 Å². The zero-order valence-electron chi connectivity index (χ0n) is 17.0. The Labute approximate surface area is 167 Å². The first-order chi connectivity index (χ1) is 13.3. The van der Waals surface area contributed by atoms with E-state index in [2.05, 4.69) is 0 Å². The molecule has 2 rings (SSSR count). The molecule has 0 aromatic heterocycles. The minimum atomic E-state index is -0.293. The maximum Gasteiger partial charge on any atom is 0.189 e. The van der Waals surface area contributed by atoms with Gasteiger partial charge in [0.25, 0.3) is 0 Å². The lowest BCUT2D eigenvalue weighted by Crippen LogP contribution is -2.01. The van der Waals surface area contributed by atoms with E-state index < -0.39 is 0 Å². The van der Waals surface area contributed by atoms with Crippen LogP contribution in [0.4, 0.5) is 0 Å². The molecular weight excluding hydrogens is 348 g/mol. The van der Waals surface area contributed by atoms with Gasteiger partial charge in [-0.25, -0.2) is 0 Å². The van der Waals surface area contributed by atoms with Crippen LogP contribution < -0.4 is 0 Å². The predicted octanol–water partition coefficient (Wildman–Crippen LogP) is 6.01. The van der Waals surface area contributed by atoms with E-state index in [1.807, 2.05) is 70.2 Å². The highest BCUT2D eigenvalue weighted by molar-refractivity contribution is 6.09. The van der Waals surface area contributed by atoms with E-state index in [1.54, 1.807) is 12.1 Å². The maximum atomic E-state index is 12.8. The number of benzene rings is 2. The van der Waals surface area contributed by atoms with Crippen LogP contribution in [-0.2, 0) is 12.8 Å². The quantitative estimate of drug-likeness (QED) is 0.353. The van der Waals surface area contributed by atoms with Gasteiger partial charge < -0.3 is 10.2 Å². The zero-order valence-corrected chi connectivity index (χ0v) is 17.0. The number of carbonyl (C=O) groups is 1. The number of phenols is 2. The van der Waals surface area contributed by atoms with E-state index >= 15 is 0 Å². The summed E-state index contributed by atoms with van der Waals surface area (Å²) in [6.45, 7) is 7.87. The smallest absolute Gasteiger partial charge is 0.189 e. The summed E-state index contributed by atoms with van der Waals surface area (Å²) in [5.41, 5.74) is 4.33. The number of ketones is 1. The Hall–Kier alpha value is -3.07. The monoisotopic (exact) mass is 376 g/mol. The molecule has 2 aromatic rings. The van der Waals surface area contributed by atoms with Crippen LogP contribution in [0.15, 0.2) is 65.8 Å². The average Bonchev–Trinajstić information content (AvgIpc) is 2.66. The second kappa shape index (κ2) is 9.75. The van der Waals surface area contributed by atoms with Gasteiger partial charge in [-0.1, -0.05) is 59.7 Å². The number of allylic oxidation sites excluding steroid dienone is 5. The highest BCUT2D eigenvalue weighted by Crippen LogP contribution is 2.36. The molecular formula is C25H28O3. The van der Waals surface area contributed by atoms with E-state index in [1.165, 1.54) is 6.08 Å². The van der Waals surface area contributed by atoms with E-state index in [9.17, 15) is 15.0 Å². The summed E-state index contributed by atoms with van der Waals surface area (Å²) in [6, 6.07) is 11.1. The Kier molecular flexibility index (Phi) is 7.39. The van der Waals surface area contributed by atoms with Crippen molar-refractivity contribution in [2.24, 2.45) is 0 Å². The first-order valence-electron chi connectivity index (χ1n) is 9.40. The lowest BCUT2D eigenvalue weighted by molar-refractivity contribution is 0.104. The van der Waals surface area contributed by atoms with E-state index in [-0.39, 0.29) is 22.8 Å². The molecule has 0 aliphatic heterocycles. The Morgan fingerprint density at radius 1 is 0.893 bits per heavy atom. The van der Waals surface area contributed by atoms with Crippen LogP contribution in [0.5, 0.6) is 11.5 Å². The molecule has 3 heteroatoms. The molecule has 3 nitrogen and oxygen atoms in total. The predicted molar refractivity (Wildman–Crippen MR) is 116 cm³/mol. The van der Waals surface area contributed by atoms with Gasteiger partial charge in [-0.3, -0.25) is 4.79 Å². The van der Waals surface area contributed by atoms with Crippen LogP contribution in [0.2, 0.25) is 0 Å². The van der Waals surface area contributed by atoms with E-state index in [0.717, 1.165) is 16.7 Å². The number of carbonyl (C=O) groups excluding carboxylic acids is 1. The summed E-state index contributed by atoms with van der Waals surface area (Å²) < 4.78 is 0. The summed E-state index contributed by atoms with van der Waals surface area (Å²) in [5.74, 6) is -0.395. The van der Waals surface area contributed by atoms with Gasteiger partial charge in [-0.15, -0.1) is 0 Å². The largest absolute Gasteiger partial charge is 0.507 e. The Bertz CT molecular complexity index is 924. The molecule has 0 aliphatic rings. The minimum absolute atomic E-state index is 0.0519. The summed E-state index contributed by atoms with van der Waals surface area (Å²) >= 11 is 0. The van der Waals surface area contributed by atoms with Crippen molar-refractivity contribution in [1.82, 2.24) is 0 Å². The molecule has 0 atom stereocenters. The van der Waals surface area contributed by atoms with Gasteiger partial charge in [0.2, 0.25) is 0 Å². The van der Waals surface area contributed by atoms with Crippen LogP contribution in [0.1, 0.15) is 54.7 Å². The molecule has 146 valence electrons. The first kappa shape index (κ1) is 21.2. The van der Waals surface area contributed by atoms with Crippen molar-refractivity contribution in [3.8, 4) is 11.5 Å². The number of phenolic OH excluding ortho intramolecular Hbond substituents is 2. The molecule has 0 saturated carbocycles. The summed E-state index contributed by atoms with van der Waals surface area (Å²) in [7, 11) is 0. The first-order valence-corrected chi connectivity index (χ1v) is 9.40. The van der Waals surface area contributed by atoms with Gasteiger partial charge in [0, 0.05) is 5.56 Å². The van der Waals surface area contributed by atoms with Crippen LogP contribution in [0.3, 0.4) is 0 Å². The van der Waals surface area contributed by atoms with Crippen molar-refractivity contribution in [1.29, 1.82) is 0 Å². The zero-order chi connectivity index (χ0) is 20.7. The summed E-state index contributed by atoms with van der Waals surface area (Å²) in [6.07, 6.45) is 7.96. The standard InChI is InChI=1S/C25H28O3/c1-17(2)10-13-20-16-22(23(26)15-12-19-8-6-5-7-9-19)25(28)21(24(20)27)14-11-18(3)4/h5-12,15-16,27-28H,13-14H2,1-4H3. The van der Waals surface area contributed by atoms with Gasteiger partial charge in [0.1, 0.15) is 11.5 Å². The molecule has 0 spiro atoms. The van der Waals surface area contributed by atoms with Crippen LogP contribution in [0.25, 0.3) is 6.08 Å². The fourth-order valence-electron chi connectivity index (χ4n) is 2.76. The highest BCUT2D eigenvalue weighted by atomic mass is 16.3. The number of hydrogen-bond donors (Lipinski definition) is 2. The second-order valence-corrected chi connectivity index (χ2v) is 7.34. The maximum absolute atomic E-state index is 12.8. The molecule has 0 aliphatic carbocycles. The van der Waals surface area contributed by atoms with Gasteiger partial charge in [-0.05, 0) is 63.8 Å². The van der Waals surface area contributed by atoms with E-state index in [0.29, 0.717) is 24.0 Å². The third-order valence-electron chi connectivity index (χ3n) is 4.39. The third kappa shape index (κ3) is 5.71. The fourth-order valence-corrected chi connectivity index (χ4v) is 2.76. The molecule has 0 radical (unpaired) electrons. The number of hydrogen-bond acceptors (Lipinski definition) is 3. The van der Waals surface area contributed by atoms with Crippen molar-refractivity contribution in [3.63, 3.8) is 0 Å². The molecule has 0 saturated heterocycles. The topological polar surface area (TPSA) is 57.5 Å². The van der Waals surface area contributed by atoms with Gasteiger partial charge in [-0.2, -0.15) is 0 Å². The molecule has 0 unspecified atom stereocenters. The minimum Gasteiger partial charge on any atom is -0.507 e. The van der Waals surface area contributed by atoms with Gasteiger partial charge >= 0.3 is 0 Å². The normalized spacial score (nSPS) is 10.7. The Balaban J connectivity index is 2.48. The van der Waals surface area contributed by atoms with Crippen molar-refractivity contribution in [2.75, 3.05) is 0 Å². The van der Waals surface area contributed by atoms with Crippen molar-refractivity contribution >= 4 is 11.9 Å². The fraction of sp³-hybridized carbons (Fsp3) is 0.240. The number of aromatic hydroxyl groups is 2. The summed E-state index contributed by atoms with van der Waals surface area (Å²) in [4.78, 5) is 12.8. The van der Waals surface area contributed by atoms with Gasteiger partial charge in [0.05, 0.1) is 5.56 Å². The van der Waals surface area contributed by atoms with Crippen LogP contribution in [-0.4, -0.2) is 16.0 Å².